The highest BCUT2D eigenvalue weighted by atomic mass is 35.5. The maximum absolute atomic E-state index is 12.6. The van der Waals surface area contributed by atoms with E-state index in [0.29, 0.717) is 30.5 Å². The van der Waals surface area contributed by atoms with Crippen LogP contribution in [0, 0.1) is 0 Å². The number of nitrogens with one attached hydrogen (secondary N) is 1. The van der Waals surface area contributed by atoms with E-state index in [9.17, 15) is 9.59 Å². The van der Waals surface area contributed by atoms with Gasteiger partial charge in [-0.1, -0.05) is 53.2 Å². The fourth-order valence-electron chi connectivity index (χ4n) is 2.33. The molecule has 1 N–H and O–H groups in total. The summed E-state index contributed by atoms with van der Waals surface area (Å²) in [6.07, 6.45) is 4.97. The molecule has 9 heteroatoms. The summed E-state index contributed by atoms with van der Waals surface area (Å²) in [5, 5.41) is 3.69. The van der Waals surface area contributed by atoms with Crippen LogP contribution in [-0.2, 0) is 9.59 Å². The highest BCUT2D eigenvalue weighted by Crippen LogP contribution is 2.34. The zero-order valence-corrected chi connectivity index (χ0v) is 17.0. The third-order valence-electron chi connectivity index (χ3n) is 3.63. The Bertz CT molecular complexity index is 935. The minimum Gasteiger partial charge on any atom is -0.325 e. The van der Waals surface area contributed by atoms with Crippen LogP contribution < -0.4 is 5.32 Å². The molecule has 138 valence electrons. The molecule has 1 saturated heterocycles. The molecule has 27 heavy (non-hydrogen) atoms. The summed E-state index contributed by atoms with van der Waals surface area (Å²) < 4.78 is 0.408. The number of hydrogen-bond acceptors (Lipinski definition) is 5. The first-order valence-electron chi connectivity index (χ1n) is 7.84. The fourth-order valence-corrected chi connectivity index (χ4v) is 4.09. The maximum Gasteiger partial charge on any atom is 0.266 e. The Hall–Kier alpha value is -1.93. The molecule has 1 aliphatic heterocycles. The van der Waals surface area contributed by atoms with Crippen LogP contribution in [0.15, 0.2) is 47.6 Å². The summed E-state index contributed by atoms with van der Waals surface area (Å²) >= 11 is 18.5. The number of nitrogens with zero attached hydrogens (tertiary/aromatic N) is 2. The van der Waals surface area contributed by atoms with Gasteiger partial charge in [0.05, 0.1) is 16.8 Å². The van der Waals surface area contributed by atoms with Crippen molar-refractivity contribution in [1.82, 2.24) is 9.88 Å². The quantitative estimate of drug-likeness (QED) is 0.546. The Balaban J connectivity index is 1.64. The van der Waals surface area contributed by atoms with Crippen molar-refractivity contribution in [3.05, 3.63) is 63.2 Å². The summed E-state index contributed by atoms with van der Waals surface area (Å²) in [6, 6.07) is 8.51. The molecule has 2 amide bonds. The van der Waals surface area contributed by atoms with E-state index in [1.54, 1.807) is 48.8 Å². The van der Waals surface area contributed by atoms with Crippen molar-refractivity contribution < 1.29 is 9.59 Å². The van der Waals surface area contributed by atoms with E-state index in [4.69, 9.17) is 35.4 Å². The number of rotatable bonds is 5. The highest BCUT2D eigenvalue weighted by molar-refractivity contribution is 8.26. The van der Waals surface area contributed by atoms with Crippen LogP contribution in [0.5, 0.6) is 0 Å². The summed E-state index contributed by atoms with van der Waals surface area (Å²) in [5.74, 6) is -0.466. The van der Waals surface area contributed by atoms with Crippen LogP contribution >= 0.6 is 47.2 Å². The highest BCUT2D eigenvalue weighted by Gasteiger charge is 2.32. The lowest BCUT2D eigenvalue weighted by Crippen LogP contribution is -2.31. The average molecular weight is 438 g/mol. The number of hydrogen-bond donors (Lipinski definition) is 1. The monoisotopic (exact) mass is 437 g/mol. The molecule has 1 aromatic heterocycles. The molecule has 0 saturated carbocycles. The van der Waals surface area contributed by atoms with Crippen LogP contribution in [-0.4, -0.2) is 32.6 Å². The number of thiocarbonyl (C=S) groups is 1. The van der Waals surface area contributed by atoms with Gasteiger partial charge in [-0.15, -0.1) is 0 Å². The van der Waals surface area contributed by atoms with Gasteiger partial charge in [0.1, 0.15) is 4.32 Å². The van der Waals surface area contributed by atoms with Gasteiger partial charge in [-0.25, -0.2) is 0 Å². The molecule has 0 aliphatic carbocycles. The van der Waals surface area contributed by atoms with E-state index in [2.05, 4.69) is 10.3 Å². The number of carbonyl (C=O) groups is 2. The molecule has 0 radical (unpaired) electrons. The predicted octanol–water partition coefficient (Wildman–Crippen LogP) is 4.62. The Morgan fingerprint density at radius 1 is 1.33 bits per heavy atom. The zero-order chi connectivity index (χ0) is 19.4. The Morgan fingerprint density at radius 2 is 2.15 bits per heavy atom. The molecule has 1 aliphatic rings. The summed E-state index contributed by atoms with van der Waals surface area (Å²) in [5.41, 5.74) is 1.28. The van der Waals surface area contributed by atoms with Crippen molar-refractivity contribution in [2.75, 3.05) is 11.9 Å². The van der Waals surface area contributed by atoms with Gasteiger partial charge in [0.25, 0.3) is 5.91 Å². The van der Waals surface area contributed by atoms with Gasteiger partial charge >= 0.3 is 0 Å². The number of thioether (sulfide) groups is 1. The molecule has 0 spiro atoms. The summed E-state index contributed by atoms with van der Waals surface area (Å²) in [4.78, 5) is 30.5. The number of pyridine rings is 1. The molecule has 0 bridgehead atoms. The van der Waals surface area contributed by atoms with Gasteiger partial charge in [-0.05, 0) is 35.9 Å². The average Bonchev–Trinajstić information content (AvgIpc) is 2.90. The number of benzene rings is 1. The maximum atomic E-state index is 12.6. The SMILES string of the molecule is O=C(CCN1C(=O)C(=Cc2ccc(Cl)cc2Cl)SC1=S)Nc1cccnc1. The molecule has 5 nitrogen and oxygen atoms in total. The van der Waals surface area contributed by atoms with Crippen molar-refractivity contribution >= 4 is 75.1 Å². The fraction of sp³-hybridized carbons (Fsp3) is 0.111. The standard InChI is InChI=1S/C18H13Cl2N3O2S2/c19-12-4-3-11(14(20)9-12)8-15-17(25)23(18(26)27-15)7-5-16(24)22-13-2-1-6-21-10-13/h1-4,6,8-10H,5,7H2,(H,22,24). The van der Waals surface area contributed by atoms with E-state index in [1.807, 2.05) is 0 Å². The number of halogens is 2. The smallest absolute Gasteiger partial charge is 0.266 e. The van der Waals surface area contributed by atoms with Crippen LogP contribution in [0.3, 0.4) is 0 Å². The largest absolute Gasteiger partial charge is 0.325 e. The Morgan fingerprint density at radius 3 is 2.85 bits per heavy atom. The Labute approximate surface area is 175 Å². The van der Waals surface area contributed by atoms with E-state index >= 15 is 0 Å². The van der Waals surface area contributed by atoms with Crippen molar-refractivity contribution in [1.29, 1.82) is 0 Å². The Kier molecular flexibility index (Phi) is 6.49. The van der Waals surface area contributed by atoms with Crippen molar-refractivity contribution in [2.24, 2.45) is 0 Å². The van der Waals surface area contributed by atoms with Gasteiger partial charge in [0.2, 0.25) is 5.91 Å². The van der Waals surface area contributed by atoms with Crippen molar-refractivity contribution in [3.63, 3.8) is 0 Å². The second kappa shape index (κ2) is 8.84. The van der Waals surface area contributed by atoms with E-state index in [1.165, 1.54) is 16.7 Å². The van der Waals surface area contributed by atoms with Gasteiger partial charge < -0.3 is 5.32 Å². The zero-order valence-electron chi connectivity index (χ0n) is 13.8. The van der Waals surface area contributed by atoms with Gasteiger partial charge in [0.15, 0.2) is 0 Å². The minimum atomic E-state index is -0.245. The first-order chi connectivity index (χ1) is 12.9. The molecule has 2 heterocycles. The third kappa shape index (κ3) is 5.07. The first-order valence-corrected chi connectivity index (χ1v) is 9.82. The summed E-state index contributed by atoms with van der Waals surface area (Å²) in [7, 11) is 0. The number of aromatic nitrogens is 1. The van der Waals surface area contributed by atoms with Gasteiger partial charge in [-0.2, -0.15) is 0 Å². The van der Waals surface area contributed by atoms with Crippen molar-refractivity contribution in [3.8, 4) is 0 Å². The molecule has 1 aromatic carbocycles. The van der Waals surface area contributed by atoms with Gasteiger partial charge in [-0.3, -0.25) is 19.5 Å². The molecule has 1 fully saturated rings. The topological polar surface area (TPSA) is 62.3 Å². The van der Waals surface area contributed by atoms with Gasteiger partial charge in [0, 0.05) is 29.2 Å². The van der Waals surface area contributed by atoms with Crippen LogP contribution in [0.4, 0.5) is 5.69 Å². The minimum absolute atomic E-state index is 0.121. The van der Waals surface area contributed by atoms with E-state index < -0.39 is 0 Å². The second-order valence-corrected chi connectivity index (χ2v) is 8.06. The predicted molar refractivity (Wildman–Crippen MR) is 114 cm³/mol. The lowest BCUT2D eigenvalue weighted by atomic mass is 10.2. The van der Waals surface area contributed by atoms with E-state index in [0.717, 1.165) is 0 Å². The summed E-state index contributed by atoms with van der Waals surface area (Å²) in [6.45, 7) is 0.197. The van der Waals surface area contributed by atoms with Crippen LogP contribution in [0.2, 0.25) is 10.0 Å². The molecule has 0 atom stereocenters. The lowest BCUT2D eigenvalue weighted by Gasteiger charge is -2.14. The third-order valence-corrected chi connectivity index (χ3v) is 5.57. The second-order valence-electron chi connectivity index (χ2n) is 5.54. The van der Waals surface area contributed by atoms with E-state index in [-0.39, 0.29) is 24.8 Å². The number of carbonyl (C=O) groups excluding carboxylic acids is 2. The van der Waals surface area contributed by atoms with Crippen LogP contribution in [0.1, 0.15) is 12.0 Å². The van der Waals surface area contributed by atoms with Crippen LogP contribution in [0.25, 0.3) is 6.08 Å². The van der Waals surface area contributed by atoms with Crippen molar-refractivity contribution in [2.45, 2.75) is 6.42 Å². The first kappa shape index (κ1) is 19.8. The molecular weight excluding hydrogens is 425 g/mol. The number of amides is 2. The number of anilines is 1. The molecule has 2 aromatic rings. The normalized spacial score (nSPS) is 15.5. The molecule has 0 unspecified atom stereocenters. The molecular formula is C18H13Cl2N3O2S2. The molecule has 3 rings (SSSR count). The lowest BCUT2D eigenvalue weighted by molar-refractivity contribution is -0.122.